The summed E-state index contributed by atoms with van der Waals surface area (Å²) in [5, 5.41) is 36.1. The molecule has 0 fully saturated rings. The lowest BCUT2D eigenvalue weighted by molar-refractivity contribution is 0.415. The third kappa shape index (κ3) is 6.97. The van der Waals surface area contributed by atoms with E-state index in [9.17, 15) is 0 Å². The average molecular weight is 428 g/mol. The minimum absolute atomic E-state index is 0.00772. The van der Waals surface area contributed by atoms with Crippen molar-refractivity contribution in [1.82, 2.24) is 0 Å². The van der Waals surface area contributed by atoms with Crippen molar-refractivity contribution >= 4 is 11.1 Å². The number of hydrogen-bond donors (Lipinski definition) is 0. The van der Waals surface area contributed by atoms with Crippen molar-refractivity contribution in [2.75, 3.05) is 7.11 Å². The van der Waals surface area contributed by atoms with Crippen molar-refractivity contribution in [3.05, 3.63) is 113 Å². The second kappa shape index (κ2) is 12.6. The summed E-state index contributed by atoms with van der Waals surface area (Å²) in [5.41, 5.74) is 4.52. The fourth-order valence-corrected chi connectivity index (χ4v) is 2.87. The Morgan fingerprint density at radius 2 is 1.06 bits per heavy atom. The zero-order chi connectivity index (χ0) is 24.1. The molecule has 0 atom stereocenters. The van der Waals surface area contributed by atoms with Gasteiger partial charge in [0.15, 0.2) is 0 Å². The van der Waals surface area contributed by atoms with Crippen LogP contribution in [0.1, 0.15) is 16.7 Å². The second-order valence-corrected chi connectivity index (χ2v) is 6.75. The molecule has 0 unspecified atom stereocenters. The number of ether oxygens (including phenoxy) is 1. The lowest BCUT2D eigenvalue weighted by Gasteiger charge is -2.12. The van der Waals surface area contributed by atoms with Crippen molar-refractivity contribution in [3.63, 3.8) is 0 Å². The Morgan fingerprint density at radius 3 is 1.42 bits per heavy atom. The highest BCUT2D eigenvalue weighted by molar-refractivity contribution is 6.00. The first kappa shape index (κ1) is 24.2. The fourth-order valence-electron chi connectivity index (χ4n) is 2.87. The largest absolute Gasteiger partial charge is 0.497 e. The number of nitriles is 4. The van der Waals surface area contributed by atoms with Gasteiger partial charge < -0.3 is 4.74 Å². The standard InChI is InChI=1S/C28H20N4O/c1-21-9-11-24(12-10-21)27(7-3-5-22(17-29)18-30)28(8-4-6-23(19-31)20-32)25-13-15-26(33-2)16-14-25/h3-16H,1-2H3/b7-3+,8-4+,28-27+. The van der Waals surface area contributed by atoms with Gasteiger partial charge >= 0.3 is 0 Å². The van der Waals surface area contributed by atoms with E-state index in [0.717, 1.165) is 27.8 Å². The summed E-state index contributed by atoms with van der Waals surface area (Å²) >= 11 is 0. The Morgan fingerprint density at radius 1 is 0.667 bits per heavy atom. The van der Waals surface area contributed by atoms with Crippen LogP contribution in [-0.4, -0.2) is 7.11 Å². The van der Waals surface area contributed by atoms with Gasteiger partial charge in [-0.15, -0.1) is 0 Å². The van der Waals surface area contributed by atoms with Crippen LogP contribution in [0.5, 0.6) is 5.75 Å². The maximum atomic E-state index is 9.02. The number of rotatable bonds is 7. The third-order valence-electron chi connectivity index (χ3n) is 4.59. The lowest BCUT2D eigenvalue weighted by Crippen LogP contribution is -1.91. The Hall–Kier alpha value is -5.10. The zero-order valence-electron chi connectivity index (χ0n) is 18.3. The van der Waals surface area contributed by atoms with Gasteiger partial charge in [0.05, 0.1) is 7.11 Å². The first-order chi connectivity index (χ1) is 16.1. The van der Waals surface area contributed by atoms with Gasteiger partial charge in [0.25, 0.3) is 0 Å². The maximum absolute atomic E-state index is 9.02. The zero-order valence-corrected chi connectivity index (χ0v) is 18.3. The minimum Gasteiger partial charge on any atom is -0.497 e. The molecule has 0 amide bonds. The van der Waals surface area contributed by atoms with Gasteiger partial charge in [-0.3, -0.25) is 0 Å². The minimum atomic E-state index is -0.0108. The molecule has 0 spiro atoms. The van der Waals surface area contributed by atoms with Crippen molar-refractivity contribution in [2.45, 2.75) is 6.92 Å². The quantitative estimate of drug-likeness (QED) is 0.307. The highest BCUT2D eigenvalue weighted by atomic mass is 16.5. The summed E-state index contributed by atoms with van der Waals surface area (Å²) < 4.78 is 5.27. The van der Waals surface area contributed by atoms with E-state index in [1.54, 1.807) is 19.3 Å². The first-order valence-corrected chi connectivity index (χ1v) is 9.89. The van der Waals surface area contributed by atoms with Crippen LogP contribution in [0.2, 0.25) is 0 Å². The molecular formula is C28H20N4O. The molecule has 0 heterocycles. The summed E-state index contributed by atoms with van der Waals surface area (Å²) in [5.74, 6) is 0.710. The van der Waals surface area contributed by atoms with E-state index in [0.29, 0.717) is 5.75 Å². The molecule has 0 radical (unpaired) electrons. The van der Waals surface area contributed by atoms with E-state index in [2.05, 4.69) is 0 Å². The number of benzene rings is 2. The van der Waals surface area contributed by atoms with Gasteiger partial charge in [-0.1, -0.05) is 66.3 Å². The summed E-state index contributed by atoms with van der Waals surface area (Å²) in [6.45, 7) is 2.00. The van der Waals surface area contributed by atoms with Gasteiger partial charge in [-0.25, -0.2) is 0 Å². The lowest BCUT2D eigenvalue weighted by atomic mass is 9.93. The predicted molar refractivity (Wildman–Crippen MR) is 128 cm³/mol. The van der Waals surface area contributed by atoms with Gasteiger partial charge in [0.2, 0.25) is 0 Å². The van der Waals surface area contributed by atoms with Crippen LogP contribution in [0.25, 0.3) is 11.1 Å². The molecule has 2 aromatic rings. The summed E-state index contributed by atoms with van der Waals surface area (Å²) in [7, 11) is 1.59. The van der Waals surface area contributed by atoms with Crippen LogP contribution in [0.4, 0.5) is 0 Å². The van der Waals surface area contributed by atoms with Crippen LogP contribution >= 0.6 is 0 Å². The number of methoxy groups -OCH3 is 1. The molecule has 5 nitrogen and oxygen atoms in total. The highest BCUT2D eigenvalue weighted by Gasteiger charge is 2.08. The van der Waals surface area contributed by atoms with Crippen molar-refractivity contribution in [1.29, 1.82) is 21.0 Å². The number of aryl methyl sites for hydroxylation is 1. The highest BCUT2D eigenvalue weighted by Crippen LogP contribution is 2.30. The predicted octanol–water partition coefficient (Wildman–Crippen LogP) is 5.97. The molecule has 5 heteroatoms. The van der Waals surface area contributed by atoms with Gasteiger partial charge in [-0.05, 0) is 53.5 Å². The van der Waals surface area contributed by atoms with E-state index in [1.165, 1.54) is 12.2 Å². The van der Waals surface area contributed by atoms with Crippen LogP contribution in [-0.2, 0) is 0 Å². The molecule has 33 heavy (non-hydrogen) atoms. The number of hydrogen-bond acceptors (Lipinski definition) is 5. The number of nitrogens with zero attached hydrogens (tertiary/aromatic N) is 4. The van der Waals surface area contributed by atoms with Crippen molar-refractivity contribution < 1.29 is 4.74 Å². The SMILES string of the molecule is COc1ccc(C(/C=C/C=C(C#N)C#N)=C(\C=C\C=C(C#N)C#N)c2ccc(C)cc2)cc1. The van der Waals surface area contributed by atoms with E-state index >= 15 is 0 Å². The molecule has 2 aromatic carbocycles. The molecule has 0 aliphatic rings. The summed E-state index contributed by atoms with van der Waals surface area (Å²) in [4.78, 5) is 0. The fraction of sp³-hybridized carbons (Fsp3) is 0.0714. The Balaban J connectivity index is 2.79. The molecule has 0 N–H and O–H groups in total. The van der Waals surface area contributed by atoms with Gasteiger partial charge in [0, 0.05) is 0 Å². The van der Waals surface area contributed by atoms with Crippen molar-refractivity contribution in [2.24, 2.45) is 0 Å². The van der Waals surface area contributed by atoms with E-state index in [1.807, 2.05) is 91.9 Å². The molecule has 0 aliphatic carbocycles. The van der Waals surface area contributed by atoms with E-state index in [4.69, 9.17) is 25.8 Å². The Labute approximate surface area is 194 Å². The summed E-state index contributed by atoms with van der Waals surface area (Å²) in [6.07, 6.45) is 9.84. The molecule has 0 aliphatic heterocycles. The molecule has 0 aromatic heterocycles. The van der Waals surface area contributed by atoms with E-state index < -0.39 is 0 Å². The second-order valence-electron chi connectivity index (χ2n) is 6.75. The molecule has 158 valence electrons. The molecule has 0 saturated carbocycles. The van der Waals surface area contributed by atoms with Crippen LogP contribution in [0.15, 0.2) is 96.1 Å². The van der Waals surface area contributed by atoms with Gasteiger partial charge in [0.1, 0.15) is 41.2 Å². The van der Waals surface area contributed by atoms with Crippen LogP contribution < -0.4 is 4.74 Å². The van der Waals surface area contributed by atoms with Crippen molar-refractivity contribution in [3.8, 4) is 30.0 Å². The topological polar surface area (TPSA) is 104 Å². The molecule has 0 saturated heterocycles. The molecule has 0 bridgehead atoms. The Kier molecular flexibility index (Phi) is 9.20. The molecular weight excluding hydrogens is 408 g/mol. The van der Waals surface area contributed by atoms with Crippen LogP contribution in [0, 0.1) is 52.2 Å². The van der Waals surface area contributed by atoms with Crippen LogP contribution in [0.3, 0.4) is 0 Å². The first-order valence-electron chi connectivity index (χ1n) is 9.89. The Bertz CT molecular complexity index is 1280. The monoisotopic (exact) mass is 428 g/mol. The normalized spacial score (nSPS) is 10.8. The average Bonchev–Trinajstić information content (AvgIpc) is 2.86. The smallest absolute Gasteiger partial charge is 0.129 e. The van der Waals surface area contributed by atoms with E-state index in [-0.39, 0.29) is 11.1 Å². The maximum Gasteiger partial charge on any atom is 0.129 e. The third-order valence-corrected chi connectivity index (χ3v) is 4.59. The summed E-state index contributed by atoms with van der Waals surface area (Å²) in [6, 6.07) is 22.8. The number of allylic oxidation sites excluding steroid dienone is 10. The molecule has 2 rings (SSSR count). The van der Waals surface area contributed by atoms with Gasteiger partial charge in [-0.2, -0.15) is 21.0 Å².